The van der Waals surface area contributed by atoms with Crippen molar-refractivity contribution in [2.75, 3.05) is 18.0 Å². The predicted octanol–water partition coefficient (Wildman–Crippen LogP) is 3.95. The number of benzene rings is 1. The van der Waals surface area contributed by atoms with Gasteiger partial charge in [0.2, 0.25) is 0 Å². The fourth-order valence-electron chi connectivity index (χ4n) is 1.23. The predicted molar refractivity (Wildman–Crippen MR) is 66.0 cm³/mol. The minimum Gasteiger partial charge on any atom is -0.372 e. The van der Waals surface area contributed by atoms with Crippen molar-refractivity contribution in [3.05, 3.63) is 30.3 Å². The van der Waals surface area contributed by atoms with Gasteiger partial charge in [-0.3, -0.25) is 0 Å². The van der Waals surface area contributed by atoms with E-state index in [0.29, 0.717) is 0 Å². The summed E-state index contributed by atoms with van der Waals surface area (Å²) in [6.45, 7) is 10.8. The standard InChI is InChI=1S/C10H15N.C3H8/c1-3-11(4-2)10-8-6-5-7-9-10;1-3-2/h5-9H,3-4H2,1-2H3;3H2,1-2H3. The number of para-hydroxylation sites is 1. The molecule has 0 unspecified atom stereocenters. The average Bonchev–Trinajstić information content (AvgIpc) is 2.22. The Labute approximate surface area is 88.8 Å². The molecule has 0 saturated heterocycles. The minimum absolute atomic E-state index is 1.08. The van der Waals surface area contributed by atoms with Crippen LogP contribution < -0.4 is 4.90 Å². The molecule has 0 spiro atoms. The van der Waals surface area contributed by atoms with E-state index in [-0.39, 0.29) is 0 Å². The van der Waals surface area contributed by atoms with E-state index in [1.165, 1.54) is 12.1 Å². The molecule has 0 fully saturated rings. The van der Waals surface area contributed by atoms with Crippen molar-refractivity contribution in [3.8, 4) is 0 Å². The van der Waals surface area contributed by atoms with Crippen LogP contribution in [0.2, 0.25) is 0 Å². The van der Waals surface area contributed by atoms with Crippen LogP contribution in [-0.2, 0) is 0 Å². The summed E-state index contributed by atoms with van der Waals surface area (Å²) in [7, 11) is 0. The Morgan fingerprint density at radius 1 is 0.857 bits per heavy atom. The largest absolute Gasteiger partial charge is 0.372 e. The summed E-state index contributed by atoms with van der Waals surface area (Å²) in [4.78, 5) is 2.33. The van der Waals surface area contributed by atoms with E-state index >= 15 is 0 Å². The first-order valence-electron chi connectivity index (χ1n) is 5.60. The number of nitrogens with zero attached hydrogens (tertiary/aromatic N) is 1. The number of hydrogen-bond acceptors (Lipinski definition) is 1. The number of anilines is 1. The van der Waals surface area contributed by atoms with Gasteiger partial charge in [-0.2, -0.15) is 0 Å². The summed E-state index contributed by atoms with van der Waals surface area (Å²) in [5, 5.41) is 0. The van der Waals surface area contributed by atoms with Crippen LogP contribution in [0.4, 0.5) is 5.69 Å². The number of hydrogen-bond donors (Lipinski definition) is 0. The van der Waals surface area contributed by atoms with Crippen molar-refractivity contribution < 1.29 is 0 Å². The molecular weight excluding hydrogens is 170 g/mol. The van der Waals surface area contributed by atoms with Gasteiger partial charge >= 0.3 is 0 Å². The lowest BCUT2D eigenvalue weighted by molar-refractivity contribution is 0.866. The lowest BCUT2D eigenvalue weighted by Crippen LogP contribution is -2.21. The quantitative estimate of drug-likeness (QED) is 0.702. The van der Waals surface area contributed by atoms with Gasteiger partial charge in [-0.25, -0.2) is 0 Å². The molecule has 0 aliphatic heterocycles. The molecule has 0 aliphatic carbocycles. The summed E-state index contributed by atoms with van der Waals surface area (Å²) >= 11 is 0. The summed E-state index contributed by atoms with van der Waals surface area (Å²) in [5.74, 6) is 0. The van der Waals surface area contributed by atoms with Gasteiger partial charge in [-0.1, -0.05) is 38.5 Å². The molecule has 0 N–H and O–H groups in total. The first kappa shape index (κ1) is 13.0. The molecule has 0 atom stereocenters. The maximum absolute atomic E-state index is 2.33. The van der Waals surface area contributed by atoms with Gasteiger partial charge < -0.3 is 4.90 Å². The van der Waals surface area contributed by atoms with Crippen LogP contribution >= 0.6 is 0 Å². The Kier molecular flexibility index (Phi) is 8.01. The Morgan fingerprint density at radius 2 is 1.29 bits per heavy atom. The zero-order valence-corrected chi connectivity index (χ0v) is 9.96. The first-order chi connectivity index (χ1) is 6.79. The molecule has 0 aromatic heterocycles. The monoisotopic (exact) mass is 193 g/mol. The molecule has 0 heterocycles. The Morgan fingerprint density at radius 3 is 1.64 bits per heavy atom. The van der Waals surface area contributed by atoms with E-state index in [4.69, 9.17) is 0 Å². The lowest BCUT2D eigenvalue weighted by Gasteiger charge is -2.20. The van der Waals surface area contributed by atoms with E-state index in [1.54, 1.807) is 0 Å². The second kappa shape index (κ2) is 8.61. The second-order valence-corrected chi connectivity index (χ2v) is 3.21. The van der Waals surface area contributed by atoms with Crippen LogP contribution in [0, 0.1) is 0 Å². The molecule has 14 heavy (non-hydrogen) atoms. The van der Waals surface area contributed by atoms with Crippen molar-refractivity contribution in [1.29, 1.82) is 0 Å². The van der Waals surface area contributed by atoms with E-state index in [0.717, 1.165) is 13.1 Å². The van der Waals surface area contributed by atoms with Crippen LogP contribution in [0.1, 0.15) is 34.1 Å². The van der Waals surface area contributed by atoms with E-state index in [2.05, 4.69) is 56.9 Å². The van der Waals surface area contributed by atoms with Crippen molar-refractivity contribution in [3.63, 3.8) is 0 Å². The van der Waals surface area contributed by atoms with Gasteiger partial charge in [0, 0.05) is 18.8 Å². The Balaban J connectivity index is 0.000000500. The smallest absolute Gasteiger partial charge is 0.0365 e. The topological polar surface area (TPSA) is 3.24 Å². The van der Waals surface area contributed by atoms with Gasteiger partial charge in [-0.05, 0) is 26.0 Å². The lowest BCUT2D eigenvalue weighted by atomic mass is 10.3. The van der Waals surface area contributed by atoms with Crippen LogP contribution in [0.3, 0.4) is 0 Å². The van der Waals surface area contributed by atoms with Gasteiger partial charge in [0.05, 0.1) is 0 Å². The van der Waals surface area contributed by atoms with Crippen molar-refractivity contribution in [2.45, 2.75) is 34.1 Å². The SMILES string of the molecule is CCC.CCN(CC)c1ccccc1. The second-order valence-electron chi connectivity index (χ2n) is 3.21. The van der Waals surface area contributed by atoms with Gasteiger partial charge in [0.25, 0.3) is 0 Å². The molecule has 1 aromatic rings. The molecule has 0 bridgehead atoms. The Bertz CT molecular complexity index is 202. The highest BCUT2D eigenvalue weighted by Crippen LogP contribution is 2.11. The molecule has 1 heteroatoms. The van der Waals surface area contributed by atoms with Gasteiger partial charge in [0.1, 0.15) is 0 Å². The molecule has 0 saturated carbocycles. The molecule has 80 valence electrons. The molecule has 1 rings (SSSR count). The maximum atomic E-state index is 2.33. The molecular formula is C13H23N. The van der Waals surface area contributed by atoms with Crippen LogP contribution in [0.15, 0.2) is 30.3 Å². The number of rotatable bonds is 3. The zero-order valence-electron chi connectivity index (χ0n) is 9.96. The average molecular weight is 193 g/mol. The van der Waals surface area contributed by atoms with Crippen LogP contribution in [0.5, 0.6) is 0 Å². The van der Waals surface area contributed by atoms with E-state index in [1.807, 2.05) is 6.07 Å². The van der Waals surface area contributed by atoms with E-state index < -0.39 is 0 Å². The Hall–Kier alpha value is -0.980. The molecule has 1 aromatic carbocycles. The highest BCUT2D eigenvalue weighted by molar-refractivity contribution is 5.45. The summed E-state index contributed by atoms with van der Waals surface area (Å²) in [6, 6.07) is 10.5. The highest BCUT2D eigenvalue weighted by Gasteiger charge is 1.97. The van der Waals surface area contributed by atoms with Gasteiger partial charge in [-0.15, -0.1) is 0 Å². The zero-order chi connectivity index (χ0) is 10.8. The molecule has 0 aliphatic rings. The van der Waals surface area contributed by atoms with Crippen molar-refractivity contribution in [1.82, 2.24) is 0 Å². The summed E-state index contributed by atoms with van der Waals surface area (Å²) in [5.41, 5.74) is 1.32. The summed E-state index contributed by atoms with van der Waals surface area (Å²) < 4.78 is 0. The normalized spacial score (nSPS) is 8.86. The molecule has 1 nitrogen and oxygen atoms in total. The van der Waals surface area contributed by atoms with Crippen molar-refractivity contribution >= 4 is 5.69 Å². The van der Waals surface area contributed by atoms with Crippen LogP contribution in [-0.4, -0.2) is 13.1 Å². The third-order valence-electron chi connectivity index (χ3n) is 1.88. The van der Waals surface area contributed by atoms with E-state index in [9.17, 15) is 0 Å². The van der Waals surface area contributed by atoms with Crippen LogP contribution in [0.25, 0.3) is 0 Å². The fraction of sp³-hybridized carbons (Fsp3) is 0.538. The summed E-state index contributed by atoms with van der Waals surface area (Å²) in [6.07, 6.45) is 1.25. The minimum atomic E-state index is 1.08. The third kappa shape index (κ3) is 4.90. The molecule has 0 radical (unpaired) electrons. The third-order valence-corrected chi connectivity index (χ3v) is 1.88. The van der Waals surface area contributed by atoms with Crippen molar-refractivity contribution in [2.24, 2.45) is 0 Å². The first-order valence-corrected chi connectivity index (χ1v) is 5.60. The molecule has 0 amide bonds. The maximum Gasteiger partial charge on any atom is 0.0365 e. The fourth-order valence-corrected chi connectivity index (χ4v) is 1.23. The highest BCUT2D eigenvalue weighted by atomic mass is 15.1. The van der Waals surface area contributed by atoms with Gasteiger partial charge in [0.15, 0.2) is 0 Å².